The molecule has 0 atom stereocenters. The zero-order valence-corrected chi connectivity index (χ0v) is 10.6. The van der Waals surface area contributed by atoms with Gasteiger partial charge in [0, 0.05) is 17.3 Å². The number of benzene rings is 1. The maximum Gasteiger partial charge on any atom is 0.328 e. The van der Waals surface area contributed by atoms with Crippen molar-refractivity contribution in [2.24, 2.45) is 0 Å². The predicted molar refractivity (Wildman–Crippen MR) is 69.7 cm³/mol. The van der Waals surface area contributed by atoms with Gasteiger partial charge < -0.3 is 9.67 Å². The van der Waals surface area contributed by atoms with Gasteiger partial charge in [-0.25, -0.2) is 14.2 Å². The topological polar surface area (TPSA) is 55.1 Å². The number of halogens is 1. The van der Waals surface area contributed by atoms with Crippen LogP contribution in [0, 0.1) is 19.7 Å². The summed E-state index contributed by atoms with van der Waals surface area (Å²) in [5.41, 5.74) is 2.52. The molecule has 0 saturated carbocycles. The SMILES string of the molecule is Cc1ncn(-c2cccc(F)c2/C=C/C(=O)O)c1C. The normalized spacial score (nSPS) is 11.1. The number of carboxylic acid groups (broad SMARTS) is 1. The Hall–Kier alpha value is -2.43. The lowest BCUT2D eigenvalue weighted by atomic mass is 10.1. The van der Waals surface area contributed by atoms with Crippen molar-refractivity contribution in [1.29, 1.82) is 0 Å². The molecule has 0 saturated heterocycles. The van der Waals surface area contributed by atoms with Gasteiger partial charge in [-0.05, 0) is 32.1 Å². The number of imidazole rings is 1. The van der Waals surface area contributed by atoms with E-state index in [4.69, 9.17) is 5.11 Å². The van der Waals surface area contributed by atoms with Crippen molar-refractivity contribution in [2.75, 3.05) is 0 Å². The van der Waals surface area contributed by atoms with E-state index in [1.165, 1.54) is 12.1 Å². The third kappa shape index (κ3) is 2.54. The molecule has 5 heteroatoms. The standard InChI is InChI=1S/C14H13FN2O2/c1-9-10(2)17(8-16-9)13-5-3-4-12(15)11(13)6-7-14(18)19/h3-8H,1-2H3,(H,18,19)/b7-6+. The number of hydrogen-bond donors (Lipinski definition) is 1. The van der Waals surface area contributed by atoms with Gasteiger partial charge in [0.05, 0.1) is 17.7 Å². The first-order valence-electron chi connectivity index (χ1n) is 5.71. The van der Waals surface area contributed by atoms with Crippen LogP contribution in [0.25, 0.3) is 11.8 Å². The summed E-state index contributed by atoms with van der Waals surface area (Å²) in [5.74, 6) is -1.59. The lowest BCUT2D eigenvalue weighted by Crippen LogP contribution is -2.00. The maximum absolute atomic E-state index is 13.8. The second-order valence-corrected chi connectivity index (χ2v) is 4.13. The minimum atomic E-state index is -1.12. The minimum absolute atomic E-state index is 0.227. The smallest absolute Gasteiger partial charge is 0.328 e. The van der Waals surface area contributed by atoms with E-state index in [1.807, 2.05) is 13.8 Å². The highest BCUT2D eigenvalue weighted by Crippen LogP contribution is 2.22. The molecule has 0 aliphatic carbocycles. The summed E-state index contributed by atoms with van der Waals surface area (Å²) in [5, 5.41) is 8.66. The Bertz CT molecular complexity index is 659. The zero-order chi connectivity index (χ0) is 14.0. The number of aliphatic carboxylic acids is 1. The van der Waals surface area contributed by atoms with E-state index in [9.17, 15) is 9.18 Å². The fourth-order valence-corrected chi connectivity index (χ4v) is 1.80. The first kappa shape index (κ1) is 13.0. The molecular formula is C14H13FN2O2. The molecule has 4 nitrogen and oxygen atoms in total. The van der Waals surface area contributed by atoms with E-state index in [1.54, 1.807) is 23.0 Å². The van der Waals surface area contributed by atoms with Crippen LogP contribution in [0.1, 0.15) is 17.0 Å². The molecule has 19 heavy (non-hydrogen) atoms. The van der Waals surface area contributed by atoms with E-state index in [2.05, 4.69) is 4.98 Å². The Balaban J connectivity index is 2.61. The van der Waals surface area contributed by atoms with Crippen molar-refractivity contribution in [3.8, 4) is 5.69 Å². The highest BCUT2D eigenvalue weighted by Gasteiger charge is 2.11. The molecule has 0 aliphatic heterocycles. The maximum atomic E-state index is 13.8. The lowest BCUT2D eigenvalue weighted by molar-refractivity contribution is -0.131. The second kappa shape index (κ2) is 5.06. The molecule has 0 aliphatic rings. The average molecular weight is 260 g/mol. The number of carbonyl (C=O) groups is 1. The van der Waals surface area contributed by atoms with Gasteiger partial charge in [0.15, 0.2) is 0 Å². The summed E-state index contributed by atoms with van der Waals surface area (Å²) in [6.07, 6.45) is 3.76. The fourth-order valence-electron chi connectivity index (χ4n) is 1.80. The molecule has 0 spiro atoms. The number of hydrogen-bond acceptors (Lipinski definition) is 2. The van der Waals surface area contributed by atoms with Gasteiger partial charge in [0.1, 0.15) is 5.82 Å². The third-order valence-electron chi connectivity index (χ3n) is 2.93. The quantitative estimate of drug-likeness (QED) is 0.863. The molecule has 0 unspecified atom stereocenters. The van der Waals surface area contributed by atoms with Crippen LogP contribution in [0.4, 0.5) is 4.39 Å². The molecule has 2 aromatic rings. The van der Waals surface area contributed by atoms with Gasteiger partial charge >= 0.3 is 5.97 Å². The van der Waals surface area contributed by atoms with Crippen molar-refractivity contribution in [3.63, 3.8) is 0 Å². The van der Waals surface area contributed by atoms with Crippen molar-refractivity contribution in [3.05, 3.63) is 53.4 Å². The number of rotatable bonds is 3. The largest absolute Gasteiger partial charge is 0.478 e. The van der Waals surface area contributed by atoms with Crippen LogP contribution < -0.4 is 0 Å². The van der Waals surface area contributed by atoms with Crippen LogP contribution in [0.3, 0.4) is 0 Å². The zero-order valence-electron chi connectivity index (χ0n) is 10.6. The molecule has 1 heterocycles. The van der Waals surface area contributed by atoms with Gasteiger partial charge in [-0.3, -0.25) is 0 Å². The molecular weight excluding hydrogens is 247 g/mol. The summed E-state index contributed by atoms with van der Waals surface area (Å²) in [6, 6.07) is 4.60. The van der Waals surface area contributed by atoms with E-state index >= 15 is 0 Å². The van der Waals surface area contributed by atoms with Crippen molar-refractivity contribution in [2.45, 2.75) is 13.8 Å². The molecule has 0 amide bonds. The van der Waals surface area contributed by atoms with Crippen molar-refractivity contribution in [1.82, 2.24) is 9.55 Å². The first-order chi connectivity index (χ1) is 9.00. The molecule has 1 aromatic heterocycles. The van der Waals surface area contributed by atoms with Gasteiger partial charge in [0.25, 0.3) is 0 Å². The highest BCUT2D eigenvalue weighted by atomic mass is 19.1. The molecule has 0 fully saturated rings. The monoisotopic (exact) mass is 260 g/mol. The minimum Gasteiger partial charge on any atom is -0.478 e. The summed E-state index contributed by atoms with van der Waals surface area (Å²) < 4.78 is 15.6. The molecule has 2 rings (SSSR count). The van der Waals surface area contributed by atoms with Gasteiger partial charge in [-0.2, -0.15) is 0 Å². The van der Waals surface area contributed by atoms with Crippen LogP contribution in [-0.2, 0) is 4.79 Å². The summed E-state index contributed by atoms with van der Waals surface area (Å²) in [4.78, 5) is 14.7. The van der Waals surface area contributed by atoms with Crippen LogP contribution in [0.5, 0.6) is 0 Å². The van der Waals surface area contributed by atoms with Crippen molar-refractivity contribution < 1.29 is 14.3 Å². The highest BCUT2D eigenvalue weighted by molar-refractivity contribution is 5.86. The third-order valence-corrected chi connectivity index (χ3v) is 2.93. The van der Waals surface area contributed by atoms with Gasteiger partial charge in [-0.15, -0.1) is 0 Å². The van der Waals surface area contributed by atoms with Crippen LogP contribution in [-0.4, -0.2) is 20.6 Å². The Morgan fingerprint density at radius 1 is 1.42 bits per heavy atom. The fraction of sp³-hybridized carbons (Fsp3) is 0.143. The summed E-state index contributed by atoms with van der Waals surface area (Å²) >= 11 is 0. The average Bonchev–Trinajstić information content (AvgIpc) is 2.68. The lowest BCUT2D eigenvalue weighted by Gasteiger charge is -2.10. The van der Waals surface area contributed by atoms with Crippen molar-refractivity contribution >= 4 is 12.0 Å². The number of carboxylic acids is 1. The van der Waals surface area contributed by atoms with Crippen LogP contribution in [0.15, 0.2) is 30.6 Å². The van der Waals surface area contributed by atoms with E-state index < -0.39 is 11.8 Å². The Kier molecular flexibility index (Phi) is 3.46. The van der Waals surface area contributed by atoms with Crippen LogP contribution in [0.2, 0.25) is 0 Å². The molecule has 0 radical (unpaired) electrons. The predicted octanol–water partition coefficient (Wildman–Crippen LogP) is 2.73. The summed E-state index contributed by atoms with van der Waals surface area (Å²) in [6.45, 7) is 3.73. The molecule has 98 valence electrons. The molecule has 0 bridgehead atoms. The van der Waals surface area contributed by atoms with Crippen LogP contribution >= 0.6 is 0 Å². The van der Waals surface area contributed by atoms with Gasteiger partial charge in [0.2, 0.25) is 0 Å². The van der Waals surface area contributed by atoms with E-state index in [0.29, 0.717) is 5.69 Å². The first-order valence-corrected chi connectivity index (χ1v) is 5.71. The number of aryl methyl sites for hydroxylation is 1. The van der Waals surface area contributed by atoms with E-state index in [-0.39, 0.29) is 5.56 Å². The number of aromatic nitrogens is 2. The van der Waals surface area contributed by atoms with E-state index in [0.717, 1.165) is 17.5 Å². The summed E-state index contributed by atoms with van der Waals surface area (Å²) in [7, 11) is 0. The Morgan fingerprint density at radius 2 is 2.16 bits per heavy atom. The molecule has 1 aromatic carbocycles. The Morgan fingerprint density at radius 3 is 2.74 bits per heavy atom. The molecule has 1 N–H and O–H groups in total. The number of nitrogens with zero attached hydrogens (tertiary/aromatic N) is 2. The second-order valence-electron chi connectivity index (χ2n) is 4.13. The Labute approximate surface area is 109 Å². The van der Waals surface area contributed by atoms with Gasteiger partial charge in [-0.1, -0.05) is 6.07 Å².